The second-order valence-electron chi connectivity index (χ2n) is 5.54. The van der Waals surface area contributed by atoms with Crippen molar-refractivity contribution in [1.82, 2.24) is 9.62 Å². The van der Waals surface area contributed by atoms with Crippen LogP contribution in [0.3, 0.4) is 0 Å². The van der Waals surface area contributed by atoms with Gasteiger partial charge in [0.05, 0.1) is 12.0 Å². The summed E-state index contributed by atoms with van der Waals surface area (Å²) in [6.07, 6.45) is 0. The first-order valence-corrected chi connectivity index (χ1v) is 9.44. The van der Waals surface area contributed by atoms with Gasteiger partial charge in [-0.1, -0.05) is 23.7 Å². The van der Waals surface area contributed by atoms with Crippen LogP contribution >= 0.6 is 11.6 Å². The lowest BCUT2D eigenvalue weighted by Gasteiger charge is -2.34. The first-order valence-electron chi connectivity index (χ1n) is 7.62. The molecule has 25 heavy (non-hydrogen) atoms. The van der Waals surface area contributed by atoms with Crippen molar-refractivity contribution in [3.05, 3.63) is 59.1 Å². The van der Waals surface area contributed by atoms with E-state index >= 15 is 0 Å². The smallest absolute Gasteiger partial charge is 0.244 e. The van der Waals surface area contributed by atoms with E-state index in [0.717, 1.165) is 0 Å². The first-order chi connectivity index (χ1) is 11.9. The zero-order chi connectivity index (χ0) is 18.0. The van der Waals surface area contributed by atoms with Crippen LogP contribution in [0.25, 0.3) is 0 Å². The van der Waals surface area contributed by atoms with Gasteiger partial charge in [-0.05, 0) is 42.0 Å². The van der Waals surface area contributed by atoms with Crippen molar-refractivity contribution in [2.75, 3.05) is 20.2 Å². The maximum absolute atomic E-state index is 13.1. The largest absolute Gasteiger partial charge is 0.497 e. The van der Waals surface area contributed by atoms with Crippen LogP contribution in [0.2, 0.25) is 5.02 Å². The van der Waals surface area contributed by atoms with Gasteiger partial charge in [-0.15, -0.1) is 0 Å². The number of sulfonamides is 1. The average molecular weight is 381 g/mol. The van der Waals surface area contributed by atoms with Crippen LogP contribution in [-0.2, 0) is 14.8 Å². The first kappa shape index (κ1) is 17.7. The van der Waals surface area contributed by atoms with Crippen LogP contribution in [0.4, 0.5) is 0 Å². The number of nitrogens with one attached hydrogen (secondary N) is 1. The van der Waals surface area contributed by atoms with Gasteiger partial charge in [0.1, 0.15) is 11.8 Å². The predicted octanol–water partition coefficient (Wildman–Crippen LogP) is 2.21. The van der Waals surface area contributed by atoms with E-state index in [1.165, 1.54) is 23.5 Å². The van der Waals surface area contributed by atoms with Crippen LogP contribution in [-0.4, -0.2) is 38.8 Å². The number of hydrogen-bond donors (Lipinski definition) is 1. The summed E-state index contributed by atoms with van der Waals surface area (Å²) in [5, 5.41) is 3.16. The van der Waals surface area contributed by atoms with E-state index in [1.807, 2.05) is 0 Å². The predicted molar refractivity (Wildman–Crippen MR) is 94.1 cm³/mol. The Morgan fingerprint density at radius 1 is 1.20 bits per heavy atom. The molecule has 8 heteroatoms. The number of nitrogens with zero attached hydrogens (tertiary/aromatic N) is 1. The fourth-order valence-electron chi connectivity index (χ4n) is 2.78. The molecule has 1 heterocycles. The molecule has 1 unspecified atom stereocenters. The summed E-state index contributed by atoms with van der Waals surface area (Å²) >= 11 is 6.01. The molecule has 0 aliphatic carbocycles. The SMILES string of the molecule is COc1ccc(S(=O)(=O)N2CCNC(=O)C2c2cccc(Cl)c2)cc1. The highest BCUT2D eigenvalue weighted by atomic mass is 35.5. The number of carbonyl (C=O) groups excluding carboxylic acids is 1. The van der Waals surface area contributed by atoms with Crippen LogP contribution < -0.4 is 10.1 Å². The number of hydrogen-bond acceptors (Lipinski definition) is 4. The molecule has 3 rings (SSSR count). The Kier molecular flexibility index (Phi) is 4.99. The lowest BCUT2D eigenvalue weighted by molar-refractivity contribution is -0.126. The molecule has 1 fully saturated rings. The van der Waals surface area contributed by atoms with Crippen LogP contribution in [0.5, 0.6) is 5.75 Å². The fourth-order valence-corrected chi connectivity index (χ4v) is 4.56. The van der Waals surface area contributed by atoms with Crippen LogP contribution in [0.1, 0.15) is 11.6 Å². The van der Waals surface area contributed by atoms with E-state index in [4.69, 9.17) is 16.3 Å². The van der Waals surface area contributed by atoms with Crippen molar-refractivity contribution in [2.24, 2.45) is 0 Å². The molecule has 1 saturated heterocycles. The summed E-state index contributed by atoms with van der Waals surface area (Å²) in [4.78, 5) is 12.5. The van der Waals surface area contributed by atoms with Gasteiger partial charge in [0, 0.05) is 18.1 Å². The highest BCUT2D eigenvalue weighted by Crippen LogP contribution is 2.31. The van der Waals surface area contributed by atoms with Crippen molar-refractivity contribution in [3.8, 4) is 5.75 Å². The number of benzene rings is 2. The van der Waals surface area contributed by atoms with Crippen LogP contribution in [0.15, 0.2) is 53.4 Å². The summed E-state index contributed by atoms with van der Waals surface area (Å²) in [6.45, 7) is 0.433. The molecule has 1 amide bonds. The average Bonchev–Trinajstić information content (AvgIpc) is 2.61. The van der Waals surface area contributed by atoms with Gasteiger partial charge < -0.3 is 10.1 Å². The Balaban J connectivity index is 2.03. The number of carbonyl (C=O) groups is 1. The van der Waals surface area contributed by atoms with E-state index in [0.29, 0.717) is 16.3 Å². The van der Waals surface area contributed by atoms with Crippen LogP contribution in [0, 0.1) is 0 Å². The Morgan fingerprint density at radius 2 is 1.92 bits per heavy atom. The second kappa shape index (κ2) is 7.03. The molecule has 1 atom stereocenters. The third-order valence-electron chi connectivity index (χ3n) is 4.00. The van der Waals surface area contributed by atoms with Crippen molar-refractivity contribution in [1.29, 1.82) is 0 Å². The van der Waals surface area contributed by atoms with Crippen molar-refractivity contribution >= 4 is 27.5 Å². The molecule has 0 spiro atoms. The standard InChI is InChI=1S/C17H17ClN2O4S/c1-24-14-5-7-15(8-6-14)25(22,23)20-10-9-19-17(21)16(20)12-3-2-4-13(18)11-12/h2-8,11,16H,9-10H2,1H3,(H,19,21). The topological polar surface area (TPSA) is 75.7 Å². The summed E-state index contributed by atoms with van der Waals surface area (Å²) in [6, 6.07) is 11.8. The lowest BCUT2D eigenvalue weighted by atomic mass is 10.0. The fraction of sp³-hybridized carbons (Fsp3) is 0.235. The zero-order valence-electron chi connectivity index (χ0n) is 13.5. The van der Waals surface area contributed by atoms with Gasteiger partial charge in [-0.3, -0.25) is 4.79 Å². The molecule has 1 N–H and O–H groups in total. The number of amides is 1. The monoisotopic (exact) mass is 380 g/mol. The molecule has 0 saturated carbocycles. The third kappa shape index (κ3) is 3.49. The minimum atomic E-state index is -3.86. The van der Waals surface area contributed by atoms with Crippen molar-refractivity contribution in [3.63, 3.8) is 0 Å². The highest BCUT2D eigenvalue weighted by Gasteiger charge is 2.39. The van der Waals surface area contributed by atoms with Gasteiger partial charge in [0.15, 0.2) is 0 Å². The summed E-state index contributed by atoms with van der Waals surface area (Å²) in [5.74, 6) is 0.187. The summed E-state index contributed by atoms with van der Waals surface area (Å²) in [7, 11) is -2.35. The number of piperazine rings is 1. The minimum absolute atomic E-state index is 0.107. The second-order valence-corrected chi connectivity index (χ2v) is 7.87. The molecule has 1 aliphatic heterocycles. The molecule has 0 bridgehead atoms. The molecule has 0 radical (unpaired) electrons. The molecule has 1 aliphatic rings. The van der Waals surface area contributed by atoms with E-state index in [1.54, 1.807) is 36.4 Å². The molecule has 132 valence electrons. The molecule has 2 aromatic carbocycles. The summed E-state index contributed by atoms with van der Waals surface area (Å²) in [5.41, 5.74) is 0.529. The molecular formula is C17H17ClN2O4S. The van der Waals surface area contributed by atoms with Gasteiger partial charge in [-0.25, -0.2) is 8.42 Å². The number of methoxy groups -OCH3 is 1. The maximum atomic E-state index is 13.1. The molecule has 6 nitrogen and oxygen atoms in total. The summed E-state index contributed by atoms with van der Waals surface area (Å²) < 4.78 is 32.4. The number of halogens is 1. The van der Waals surface area contributed by atoms with Gasteiger partial charge in [0.2, 0.25) is 15.9 Å². The number of ether oxygens (including phenoxy) is 1. The Hall–Kier alpha value is -2.09. The molecule has 2 aromatic rings. The van der Waals surface area contributed by atoms with Gasteiger partial charge >= 0.3 is 0 Å². The Morgan fingerprint density at radius 3 is 2.56 bits per heavy atom. The van der Waals surface area contributed by atoms with Crippen molar-refractivity contribution in [2.45, 2.75) is 10.9 Å². The Labute approximate surface area is 151 Å². The van der Waals surface area contributed by atoms with Crippen molar-refractivity contribution < 1.29 is 17.9 Å². The van der Waals surface area contributed by atoms with E-state index in [9.17, 15) is 13.2 Å². The van der Waals surface area contributed by atoms with Gasteiger partial charge in [-0.2, -0.15) is 4.31 Å². The third-order valence-corrected chi connectivity index (χ3v) is 6.11. The van der Waals surface area contributed by atoms with E-state index in [-0.39, 0.29) is 23.9 Å². The minimum Gasteiger partial charge on any atom is -0.497 e. The molecule has 0 aromatic heterocycles. The normalized spacial score (nSPS) is 18.6. The van der Waals surface area contributed by atoms with E-state index in [2.05, 4.69) is 5.32 Å². The van der Waals surface area contributed by atoms with Gasteiger partial charge in [0.25, 0.3) is 0 Å². The van der Waals surface area contributed by atoms with E-state index < -0.39 is 16.1 Å². The number of rotatable bonds is 4. The Bertz CT molecular complexity index is 884. The maximum Gasteiger partial charge on any atom is 0.244 e. The highest BCUT2D eigenvalue weighted by molar-refractivity contribution is 7.89. The zero-order valence-corrected chi connectivity index (χ0v) is 15.0. The molecular weight excluding hydrogens is 364 g/mol. The quantitative estimate of drug-likeness (QED) is 0.882. The lowest BCUT2D eigenvalue weighted by Crippen LogP contribution is -2.52.